The van der Waals surface area contributed by atoms with E-state index in [2.05, 4.69) is 4.98 Å². The first kappa shape index (κ1) is 12.2. The summed E-state index contributed by atoms with van der Waals surface area (Å²) < 4.78 is 52.5. The molecule has 1 aromatic heterocycles. The molecule has 0 aliphatic rings. The summed E-state index contributed by atoms with van der Waals surface area (Å²) in [5.41, 5.74) is -1.46. The van der Waals surface area contributed by atoms with Crippen LogP contribution in [-0.2, 0) is 0 Å². The summed E-state index contributed by atoms with van der Waals surface area (Å²) in [5, 5.41) is 18.3. The smallest absolute Gasteiger partial charge is 0.252 e. The van der Waals surface area contributed by atoms with Crippen LogP contribution < -0.4 is 0 Å². The molecule has 0 amide bonds. The van der Waals surface area contributed by atoms with Gasteiger partial charge in [-0.15, -0.1) is 0 Å². The third-order valence-electron chi connectivity index (χ3n) is 2.19. The lowest BCUT2D eigenvalue weighted by molar-refractivity contribution is 0.410. The summed E-state index contributed by atoms with van der Waals surface area (Å²) in [6.07, 6.45) is 0. The van der Waals surface area contributed by atoms with E-state index in [1.807, 2.05) is 0 Å². The molecule has 0 aliphatic carbocycles. The van der Waals surface area contributed by atoms with Gasteiger partial charge < -0.3 is 10.2 Å². The molecule has 7 heteroatoms. The Morgan fingerprint density at radius 3 is 1.67 bits per heavy atom. The number of hydrogen-bond donors (Lipinski definition) is 2. The van der Waals surface area contributed by atoms with Gasteiger partial charge in [0, 0.05) is 6.07 Å². The van der Waals surface area contributed by atoms with Crippen LogP contribution in [0.5, 0.6) is 11.5 Å². The molecule has 0 saturated heterocycles. The van der Waals surface area contributed by atoms with Gasteiger partial charge in [-0.2, -0.15) is 13.8 Å². The highest BCUT2D eigenvalue weighted by molar-refractivity contribution is 5.68. The maximum atomic E-state index is 13.4. The first-order valence-electron chi connectivity index (χ1n) is 4.63. The minimum atomic E-state index is -1.81. The molecule has 0 aliphatic heterocycles. The van der Waals surface area contributed by atoms with Crippen LogP contribution in [0.1, 0.15) is 0 Å². The Hall–Kier alpha value is -2.31. The number of phenolic OH excluding ortho intramolecular Hbond substituents is 2. The van der Waals surface area contributed by atoms with Crippen molar-refractivity contribution in [1.29, 1.82) is 0 Å². The van der Waals surface area contributed by atoms with Crippen LogP contribution in [0.3, 0.4) is 0 Å². The van der Waals surface area contributed by atoms with Crippen molar-refractivity contribution in [2.24, 2.45) is 0 Å². The monoisotopic (exact) mass is 259 g/mol. The van der Waals surface area contributed by atoms with Gasteiger partial charge in [-0.25, -0.2) is 8.78 Å². The third-order valence-corrected chi connectivity index (χ3v) is 2.19. The Bertz CT molecular complexity index is 584. The molecule has 0 bridgehead atoms. The molecule has 2 aromatic rings. The zero-order chi connectivity index (χ0) is 13.4. The normalized spacial score (nSPS) is 10.7. The van der Waals surface area contributed by atoms with Crippen molar-refractivity contribution >= 4 is 0 Å². The van der Waals surface area contributed by atoms with Crippen molar-refractivity contribution in [3.63, 3.8) is 0 Å². The van der Waals surface area contributed by atoms with E-state index in [1.165, 1.54) is 0 Å². The van der Waals surface area contributed by atoms with E-state index < -0.39 is 46.2 Å². The number of aromatic nitrogens is 1. The number of halogens is 4. The summed E-state index contributed by atoms with van der Waals surface area (Å²) in [4.78, 5) is 2.40. The molecular weight excluding hydrogens is 254 g/mol. The summed E-state index contributed by atoms with van der Waals surface area (Å²) in [7, 11) is 0. The van der Waals surface area contributed by atoms with E-state index in [0.717, 1.165) is 18.2 Å². The van der Waals surface area contributed by atoms with E-state index in [-0.39, 0.29) is 0 Å². The molecule has 0 radical (unpaired) electrons. The Labute approximate surface area is 98.0 Å². The van der Waals surface area contributed by atoms with Gasteiger partial charge in [0.1, 0.15) is 11.5 Å². The van der Waals surface area contributed by atoms with E-state index >= 15 is 0 Å². The Kier molecular flexibility index (Phi) is 2.82. The van der Waals surface area contributed by atoms with E-state index in [4.69, 9.17) is 10.2 Å². The Balaban J connectivity index is 2.78. The zero-order valence-electron chi connectivity index (χ0n) is 8.59. The lowest BCUT2D eigenvalue weighted by Crippen LogP contribution is -2.02. The van der Waals surface area contributed by atoms with E-state index in [0.29, 0.717) is 0 Å². The lowest BCUT2D eigenvalue weighted by atomic mass is 10.1. The molecule has 0 unspecified atom stereocenters. The Morgan fingerprint density at radius 2 is 1.22 bits per heavy atom. The molecule has 18 heavy (non-hydrogen) atoms. The Morgan fingerprint density at radius 1 is 0.778 bits per heavy atom. The van der Waals surface area contributed by atoms with Crippen molar-refractivity contribution in [2.75, 3.05) is 0 Å². The van der Waals surface area contributed by atoms with Crippen LogP contribution >= 0.6 is 0 Å². The van der Waals surface area contributed by atoms with Crippen LogP contribution in [0.4, 0.5) is 17.6 Å². The highest BCUT2D eigenvalue weighted by Gasteiger charge is 2.22. The zero-order valence-corrected chi connectivity index (χ0v) is 8.59. The van der Waals surface area contributed by atoms with Crippen molar-refractivity contribution in [1.82, 2.24) is 4.98 Å². The molecule has 0 saturated carbocycles. The topological polar surface area (TPSA) is 53.4 Å². The SMILES string of the molecule is Oc1cc(O)cc(-c2c(F)c(F)nc(F)c2F)c1. The van der Waals surface area contributed by atoms with Crippen molar-refractivity contribution in [2.45, 2.75) is 0 Å². The fraction of sp³-hybridized carbons (Fsp3) is 0. The van der Waals surface area contributed by atoms with Gasteiger partial charge in [0.2, 0.25) is 0 Å². The number of benzene rings is 1. The van der Waals surface area contributed by atoms with E-state index in [9.17, 15) is 17.6 Å². The van der Waals surface area contributed by atoms with Gasteiger partial charge in [-0.3, -0.25) is 0 Å². The molecule has 0 atom stereocenters. The lowest BCUT2D eigenvalue weighted by Gasteiger charge is -2.07. The third kappa shape index (κ3) is 1.94. The average Bonchev–Trinajstić information content (AvgIpc) is 2.25. The minimum Gasteiger partial charge on any atom is -0.508 e. The highest BCUT2D eigenvalue weighted by Crippen LogP contribution is 2.33. The van der Waals surface area contributed by atoms with Gasteiger partial charge in [-0.1, -0.05) is 0 Å². The second kappa shape index (κ2) is 4.17. The number of phenols is 2. The molecule has 1 heterocycles. The number of hydrogen-bond acceptors (Lipinski definition) is 3. The van der Waals surface area contributed by atoms with Crippen molar-refractivity contribution < 1.29 is 27.8 Å². The molecule has 0 fully saturated rings. The molecular formula is C11H5F4NO2. The predicted octanol–water partition coefficient (Wildman–Crippen LogP) is 2.72. The maximum Gasteiger partial charge on any atom is 0.252 e. The van der Waals surface area contributed by atoms with Gasteiger partial charge >= 0.3 is 0 Å². The number of rotatable bonds is 1. The summed E-state index contributed by atoms with van der Waals surface area (Å²) in [6.45, 7) is 0. The van der Waals surface area contributed by atoms with Gasteiger partial charge in [0.25, 0.3) is 11.9 Å². The summed E-state index contributed by atoms with van der Waals surface area (Å²) in [5.74, 6) is -8.07. The van der Waals surface area contributed by atoms with Crippen LogP contribution in [-0.4, -0.2) is 15.2 Å². The van der Waals surface area contributed by atoms with Crippen LogP contribution in [0.25, 0.3) is 11.1 Å². The molecule has 3 nitrogen and oxygen atoms in total. The van der Waals surface area contributed by atoms with Crippen LogP contribution in [0.15, 0.2) is 18.2 Å². The fourth-order valence-corrected chi connectivity index (χ4v) is 1.48. The van der Waals surface area contributed by atoms with Gasteiger partial charge in [0.05, 0.1) is 5.56 Å². The fourth-order valence-electron chi connectivity index (χ4n) is 1.48. The second-order valence-corrected chi connectivity index (χ2v) is 3.43. The number of pyridine rings is 1. The number of nitrogens with zero attached hydrogens (tertiary/aromatic N) is 1. The highest BCUT2D eigenvalue weighted by atomic mass is 19.2. The molecule has 2 N–H and O–H groups in total. The van der Waals surface area contributed by atoms with Gasteiger partial charge in [-0.05, 0) is 17.7 Å². The standard InChI is InChI=1S/C11H5F4NO2/c12-8-7(9(13)11(15)16-10(8)14)4-1-5(17)3-6(18)2-4/h1-3,17-18H. The average molecular weight is 259 g/mol. The maximum absolute atomic E-state index is 13.4. The molecule has 0 spiro atoms. The number of aromatic hydroxyl groups is 2. The minimum absolute atomic E-state index is 0.414. The molecule has 94 valence electrons. The first-order valence-corrected chi connectivity index (χ1v) is 4.63. The molecule has 1 aromatic carbocycles. The first-order chi connectivity index (χ1) is 8.40. The predicted molar refractivity (Wildman–Crippen MR) is 52.8 cm³/mol. The molecule has 2 rings (SSSR count). The van der Waals surface area contributed by atoms with Crippen molar-refractivity contribution in [3.8, 4) is 22.6 Å². The second-order valence-electron chi connectivity index (χ2n) is 3.43. The van der Waals surface area contributed by atoms with Gasteiger partial charge in [0.15, 0.2) is 11.6 Å². The van der Waals surface area contributed by atoms with Crippen molar-refractivity contribution in [3.05, 3.63) is 41.7 Å². The van der Waals surface area contributed by atoms with Crippen LogP contribution in [0, 0.1) is 23.5 Å². The largest absolute Gasteiger partial charge is 0.508 e. The quantitative estimate of drug-likeness (QED) is 0.611. The summed E-state index contributed by atoms with van der Waals surface area (Å²) in [6, 6.07) is 2.59. The van der Waals surface area contributed by atoms with Crippen LogP contribution in [0.2, 0.25) is 0 Å². The van der Waals surface area contributed by atoms with E-state index in [1.54, 1.807) is 0 Å². The summed E-state index contributed by atoms with van der Waals surface area (Å²) >= 11 is 0.